The number of unbranched alkanes of at least 4 members (excludes halogenated alkanes) is 2. The molecule has 1 saturated heterocycles. The van der Waals surface area contributed by atoms with E-state index < -0.39 is 0 Å². The molecule has 1 atom stereocenters. The summed E-state index contributed by atoms with van der Waals surface area (Å²) in [5.74, 6) is 0.843. The van der Waals surface area contributed by atoms with Crippen molar-refractivity contribution in [3.05, 3.63) is 0 Å². The summed E-state index contributed by atoms with van der Waals surface area (Å²) >= 11 is 0. The van der Waals surface area contributed by atoms with Crippen LogP contribution in [0.2, 0.25) is 0 Å². The summed E-state index contributed by atoms with van der Waals surface area (Å²) in [6.07, 6.45) is 6.54. The third-order valence-corrected chi connectivity index (χ3v) is 3.24. The van der Waals surface area contributed by atoms with Crippen molar-refractivity contribution < 1.29 is 4.74 Å². The Balaban J connectivity index is 1.97. The van der Waals surface area contributed by atoms with Gasteiger partial charge in [0.1, 0.15) is 0 Å². The van der Waals surface area contributed by atoms with Crippen LogP contribution in [0.15, 0.2) is 0 Å². The fourth-order valence-electron chi connectivity index (χ4n) is 2.24. The van der Waals surface area contributed by atoms with Gasteiger partial charge in [-0.3, -0.25) is 0 Å². The fourth-order valence-corrected chi connectivity index (χ4v) is 2.24. The highest BCUT2D eigenvalue weighted by Gasteiger charge is 2.16. The van der Waals surface area contributed by atoms with Gasteiger partial charge in [-0.25, -0.2) is 0 Å². The van der Waals surface area contributed by atoms with Gasteiger partial charge in [0.15, 0.2) is 0 Å². The standard InChI is InChI=1S/C13H24N2O/c1-12(15-8-4-2-3-7-14)11-13-5-9-16-10-6-13/h12-13,15H,2-6,8-11H2,1H3. The van der Waals surface area contributed by atoms with E-state index >= 15 is 0 Å². The molecule has 0 aromatic rings. The van der Waals surface area contributed by atoms with Crippen LogP contribution in [0.1, 0.15) is 45.4 Å². The average molecular weight is 224 g/mol. The van der Waals surface area contributed by atoms with E-state index in [0.29, 0.717) is 12.5 Å². The molecule has 0 bridgehead atoms. The minimum Gasteiger partial charge on any atom is -0.381 e. The lowest BCUT2D eigenvalue weighted by Crippen LogP contribution is -2.31. The van der Waals surface area contributed by atoms with Crippen LogP contribution in [0.5, 0.6) is 0 Å². The highest BCUT2D eigenvalue weighted by Crippen LogP contribution is 2.19. The van der Waals surface area contributed by atoms with Crippen molar-refractivity contribution in [3.8, 4) is 6.07 Å². The van der Waals surface area contributed by atoms with Crippen LogP contribution in [0.25, 0.3) is 0 Å². The van der Waals surface area contributed by atoms with Gasteiger partial charge >= 0.3 is 0 Å². The summed E-state index contributed by atoms with van der Waals surface area (Å²) in [6.45, 7) is 5.20. The predicted octanol–water partition coefficient (Wildman–Crippen LogP) is 2.48. The number of nitrogens with one attached hydrogen (secondary N) is 1. The monoisotopic (exact) mass is 224 g/mol. The molecular formula is C13H24N2O. The van der Waals surface area contributed by atoms with Crippen molar-refractivity contribution in [2.75, 3.05) is 19.8 Å². The topological polar surface area (TPSA) is 45.0 Å². The number of ether oxygens (including phenoxy) is 1. The van der Waals surface area contributed by atoms with Gasteiger partial charge in [0.05, 0.1) is 6.07 Å². The first-order valence-electron chi connectivity index (χ1n) is 6.51. The van der Waals surface area contributed by atoms with Gasteiger partial charge in [-0.15, -0.1) is 0 Å². The van der Waals surface area contributed by atoms with E-state index in [-0.39, 0.29) is 0 Å². The van der Waals surface area contributed by atoms with Gasteiger partial charge in [-0.2, -0.15) is 5.26 Å². The number of nitriles is 1. The summed E-state index contributed by atoms with van der Waals surface area (Å²) in [5, 5.41) is 11.9. The molecule has 1 fully saturated rings. The fraction of sp³-hybridized carbons (Fsp3) is 0.923. The molecule has 0 aliphatic carbocycles. The zero-order valence-electron chi connectivity index (χ0n) is 10.4. The van der Waals surface area contributed by atoms with Crippen molar-refractivity contribution in [2.45, 2.75) is 51.5 Å². The Morgan fingerprint density at radius 2 is 2.12 bits per heavy atom. The Bertz CT molecular complexity index is 206. The molecule has 92 valence electrons. The van der Waals surface area contributed by atoms with Crippen molar-refractivity contribution >= 4 is 0 Å². The molecule has 1 aliphatic heterocycles. The Kier molecular flexibility index (Phi) is 7.20. The van der Waals surface area contributed by atoms with E-state index in [2.05, 4.69) is 18.3 Å². The summed E-state index contributed by atoms with van der Waals surface area (Å²) in [6, 6.07) is 2.78. The van der Waals surface area contributed by atoms with Gasteiger partial charge in [0.2, 0.25) is 0 Å². The van der Waals surface area contributed by atoms with Gasteiger partial charge in [0.25, 0.3) is 0 Å². The van der Waals surface area contributed by atoms with Crippen LogP contribution < -0.4 is 5.32 Å². The third-order valence-electron chi connectivity index (χ3n) is 3.24. The molecule has 0 saturated carbocycles. The minimum atomic E-state index is 0.602. The van der Waals surface area contributed by atoms with Crippen molar-refractivity contribution in [2.24, 2.45) is 5.92 Å². The molecule has 1 unspecified atom stereocenters. The molecule has 0 spiro atoms. The predicted molar refractivity (Wildman–Crippen MR) is 65.1 cm³/mol. The van der Waals surface area contributed by atoms with Crippen LogP contribution in [-0.2, 0) is 4.74 Å². The van der Waals surface area contributed by atoms with E-state index in [1.54, 1.807) is 0 Å². The summed E-state index contributed by atoms with van der Waals surface area (Å²) in [4.78, 5) is 0. The van der Waals surface area contributed by atoms with Crippen LogP contribution >= 0.6 is 0 Å². The van der Waals surface area contributed by atoms with E-state index in [4.69, 9.17) is 10.00 Å². The third kappa shape index (κ3) is 6.09. The van der Waals surface area contributed by atoms with Crippen molar-refractivity contribution in [1.82, 2.24) is 5.32 Å². The van der Waals surface area contributed by atoms with Gasteiger partial charge in [-0.05, 0) is 51.5 Å². The quantitative estimate of drug-likeness (QED) is 0.676. The van der Waals surface area contributed by atoms with Gasteiger partial charge < -0.3 is 10.1 Å². The second-order valence-electron chi connectivity index (χ2n) is 4.76. The highest BCUT2D eigenvalue weighted by atomic mass is 16.5. The first-order chi connectivity index (χ1) is 7.83. The average Bonchev–Trinajstić information content (AvgIpc) is 2.30. The lowest BCUT2D eigenvalue weighted by Gasteiger charge is -2.25. The Hall–Kier alpha value is -0.590. The van der Waals surface area contributed by atoms with Gasteiger partial charge in [-0.1, -0.05) is 0 Å². The van der Waals surface area contributed by atoms with Crippen molar-refractivity contribution in [3.63, 3.8) is 0 Å². The molecule has 1 aliphatic rings. The Labute approximate surface area is 99.2 Å². The van der Waals surface area contributed by atoms with Crippen molar-refractivity contribution in [1.29, 1.82) is 5.26 Å². The van der Waals surface area contributed by atoms with Crippen LogP contribution in [-0.4, -0.2) is 25.8 Å². The molecule has 0 radical (unpaired) electrons. The SMILES string of the molecule is CC(CC1CCOCC1)NCCCCC#N. The van der Waals surface area contributed by atoms with E-state index in [0.717, 1.165) is 38.5 Å². The molecule has 3 heteroatoms. The molecule has 1 rings (SSSR count). The number of hydrogen-bond acceptors (Lipinski definition) is 3. The maximum atomic E-state index is 8.41. The molecule has 3 nitrogen and oxygen atoms in total. The minimum absolute atomic E-state index is 0.602. The first-order valence-corrected chi connectivity index (χ1v) is 6.51. The van der Waals surface area contributed by atoms with Crippen LogP contribution in [0.4, 0.5) is 0 Å². The molecule has 1 N–H and O–H groups in total. The summed E-state index contributed by atoms with van der Waals surface area (Å²) < 4.78 is 5.36. The maximum absolute atomic E-state index is 8.41. The molecule has 16 heavy (non-hydrogen) atoms. The normalized spacial score (nSPS) is 19.2. The van der Waals surface area contributed by atoms with E-state index in [1.165, 1.54) is 19.3 Å². The first kappa shape index (κ1) is 13.5. The summed E-state index contributed by atoms with van der Waals surface area (Å²) in [5.41, 5.74) is 0. The zero-order valence-corrected chi connectivity index (χ0v) is 10.4. The number of hydrogen-bond donors (Lipinski definition) is 1. The summed E-state index contributed by atoms with van der Waals surface area (Å²) in [7, 11) is 0. The largest absolute Gasteiger partial charge is 0.381 e. The number of rotatable bonds is 7. The highest BCUT2D eigenvalue weighted by molar-refractivity contribution is 4.72. The molecule has 0 aromatic heterocycles. The van der Waals surface area contributed by atoms with Gasteiger partial charge in [0, 0.05) is 25.7 Å². The molecule has 0 aromatic carbocycles. The van der Waals surface area contributed by atoms with E-state index in [1.807, 2.05) is 0 Å². The lowest BCUT2D eigenvalue weighted by atomic mass is 9.93. The maximum Gasteiger partial charge on any atom is 0.0621 e. The second-order valence-corrected chi connectivity index (χ2v) is 4.76. The smallest absolute Gasteiger partial charge is 0.0621 e. The second kappa shape index (κ2) is 8.55. The molecule has 0 amide bonds. The van der Waals surface area contributed by atoms with E-state index in [9.17, 15) is 0 Å². The molecular weight excluding hydrogens is 200 g/mol. The van der Waals surface area contributed by atoms with Crippen LogP contribution in [0, 0.1) is 17.2 Å². The number of nitrogens with zero attached hydrogens (tertiary/aromatic N) is 1. The lowest BCUT2D eigenvalue weighted by molar-refractivity contribution is 0.0612. The molecule has 1 heterocycles. The Morgan fingerprint density at radius 1 is 1.38 bits per heavy atom. The Morgan fingerprint density at radius 3 is 2.81 bits per heavy atom. The van der Waals surface area contributed by atoms with Crippen LogP contribution in [0.3, 0.4) is 0 Å². The zero-order chi connectivity index (χ0) is 11.6.